The van der Waals surface area contributed by atoms with Crippen LogP contribution in [0, 0.1) is 0 Å². The van der Waals surface area contributed by atoms with Crippen molar-refractivity contribution >= 4 is 11.8 Å². The Balaban J connectivity index is 1.71. The maximum absolute atomic E-state index is 12.2. The number of rotatable bonds is 6. The molecule has 1 heterocycles. The summed E-state index contributed by atoms with van der Waals surface area (Å²) in [5.74, 6) is 0.818. The molecule has 0 unspecified atom stereocenters. The number of amides is 2. The lowest BCUT2D eigenvalue weighted by Gasteiger charge is -2.35. The third-order valence-corrected chi connectivity index (χ3v) is 3.86. The molecule has 1 saturated heterocycles. The first-order valence-electron chi connectivity index (χ1n) is 7.94. The average molecular weight is 319 g/mol. The molecule has 1 aliphatic rings. The number of hydrogen-bond donors (Lipinski definition) is 0. The quantitative estimate of drug-likeness (QED) is 0.774. The molecule has 1 aromatic carbocycles. The predicted molar refractivity (Wildman–Crippen MR) is 88.3 cm³/mol. The fourth-order valence-corrected chi connectivity index (χ4v) is 2.44. The summed E-state index contributed by atoms with van der Waals surface area (Å²) in [7, 11) is 3.91. The molecule has 6 nitrogen and oxygen atoms in total. The van der Waals surface area contributed by atoms with Gasteiger partial charge in [-0.05, 0) is 26.2 Å². The average Bonchev–Trinajstić information content (AvgIpc) is 2.58. The summed E-state index contributed by atoms with van der Waals surface area (Å²) in [4.78, 5) is 29.8. The molecule has 23 heavy (non-hydrogen) atoms. The molecule has 2 amide bonds. The monoisotopic (exact) mass is 319 g/mol. The highest BCUT2D eigenvalue weighted by molar-refractivity contribution is 5.79. The zero-order valence-electron chi connectivity index (χ0n) is 13.9. The van der Waals surface area contributed by atoms with E-state index in [2.05, 4.69) is 0 Å². The van der Waals surface area contributed by atoms with Crippen molar-refractivity contribution in [3.8, 4) is 5.75 Å². The molecule has 6 heteroatoms. The summed E-state index contributed by atoms with van der Waals surface area (Å²) < 4.78 is 5.48. The van der Waals surface area contributed by atoms with Gasteiger partial charge in [0, 0.05) is 39.1 Å². The Morgan fingerprint density at radius 1 is 1.00 bits per heavy atom. The van der Waals surface area contributed by atoms with Gasteiger partial charge in [-0.1, -0.05) is 18.2 Å². The minimum atomic E-state index is -0.0331. The maximum atomic E-state index is 12.2. The van der Waals surface area contributed by atoms with Crippen molar-refractivity contribution in [1.29, 1.82) is 0 Å². The molecule has 0 aliphatic carbocycles. The molecule has 0 spiro atoms. The van der Waals surface area contributed by atoms with E-state index in [9.17, 15) is 9.59 Å². The van der Waals surface area contributed by atoms with E-state index in [0.717, 1.165) is 6.54 Å². The van der Waals surface area contributed by atoms with E-state index < -0.39 is 0 Å². The Kier molecular flexibility index (Phi) is 6.40. The van der Waals surface area contributed by atoms with E-state index in [-0.39, 0.29) is 18.4 Å². The molecule has 0 aromatic heterocycles. The van der Waals surface area contributed by atoms with Gasteiger partial charge in [-0.3, -0.25) is 9.59 Å². The van der Waals surface area contributed by atoms with Gasteiger partial charge in [-0.25, -0.2) is 0 Å². The third-order valence-electron chi connectivity index (χ3n) is 3.86. The zero-order valence-corrected chi connectivity index (χ0v) is 13.9. The predicted octanol–water partition coefficient (Wildman–Crippen LogP) is 0.688. The molecule has 1 aliphatic heterocycles. The van der Waals surface area contributed by atoms with Crippen LogP contribution >= 0.6 is 0 Å². The highest BCUT2D eigenvalue weighted by Gasteiger charge is 2.24. The second-order valence-corrected chi connectivity index (χ2v) is 5.92. The minimum absolute atomic E-state index is 0.0331. The van der Waals surface area contributed by atoms with Crippen molar-refractivity contribution in [2.24, 2.45) is 0 Å². The van der Waals surface area contributed by atoms with Crippen molar-refractivity contribution in [1.82, 2.24) is 14.7 Å². The lowest BCUT2D eigenvalue weighted by atomic mass is 10.2. The molecule has 0 saturated carbocycles. The van der Waals surface area contributed by atoms with E-state index >= 15 is 0 Å². The number of ether oxygens (including phenoxy) is 1. The van der Waals surface area contributed by atoms with Crippen molar-refractivity contribution in [2.75, 3.05) is 53.4 Å². The first kappa shape index (κ1) is 17.3. The Morgan fingerprint density at radius 2 is 1.57 bits per heavy atom. The molecular formula is C17H25N3O3. The van der Waals surface area contributed by atoms with Gasteiger partial charge in [0.2, 0.25) is 5.91 Å². The Labute approximate surface area is 137 Å². The van der Waals surface area contributed by atoms with Crippen LogP contribution in [0.15, 0.2) is 30.3 Å². The molecule has 1 aromatic rings. The van der Waals surface area contributed by atoms with Gasteiger partial charge in [-0.15, -0.1) is 0 Å². The van der Waals surface area contributed by atoms with Crippen LogP contribution in [0.1, 0.15) is 6.42 Å². The van der Waals surface area contributed by atoms with Crippen molar-refractivity contribution in [3.63, 3.8) is 0 Å². The van der Waals surface area contributed by atoms with Crippen LogP contribution in [0.25, 0.3) is 0 Å². The minimum Gasteiger partial charge on any atom is -0.484 e. The molecule has 1 fully saturated rings. The summed E-state index contributed by atoms with van der Waals surface area (Å²) in [5, 5.41) is 0. The molecule has 0 N–H and O–H groups in total. The zero-order chi connectivity index (χ0) is 16.7. The topological polar surface area (TPSA) is 53.1 Å². The summed E-state index contributed by atoms with van der Waals surface area (Å²) in [6, 6.07) is 9.31. The molecular weight excluding hydrogens is 294 g/mol. The van der Waals surface area contributed by atoms with Crippen molar-refractivity contribution < 1.29 is 14.3 Å². The van der Waals surface area contributed by atoms with E-state index in [0.29, 0.717) is 38.3 Å². The van der Waals surface area contributed by atoms with E-state index in [4.69, 9.17) is 4.74 Å². The smallest absolute Gasteiger partial charge is 0.260 e. The van der Waals surface area contributed by atoms with Gasteiger partial charge in [-0.2, -0.15) is 0 Å². The molecule has 2 rings (SSSR count). The molecule has 126 valence electrons. The van der Waals surface area contributed by atoms with Gasteiger partial charge in [0.1, 0.15) is 5.75 Å². The van der Waals surface area contributed by atoms with Gasteiger partial charge >= 0.3 is 0 Å². The number of piperazine rings is 1. The van der Waals surface area contributed by atoms with Gasteiger partial charge < -0.3 is 19.4 Å². The van der Waals surface area contributed by atoms with Crippen LogP contribution in [0.5, 0.6) is 5.75 Å². The SMILES string of the molecule is CN(C)CCC(=O)N1CCN(C(=O)COc2ccccc2)CC1. The fourth-order valence-electron chi connectivity index (χ4n) is 2.44. The first-order valence-corrected chi connectivity index (χ1v) is 7.94. The normalized spacial score (nSPS) is 14.9. The highest BCUT2D eigenvalue weighted by Crippen LogP contribution is 2.09. The largest absolute Gasteiger partial charge is 0.484 e. The van der Waals surface area contributed by atoms with Gasteiger partial charge in [0.15, 0.2) is 6.61 Å². The number of carbonyl (C=O) groups excluding carboxylic acids is 2. The van der Waals surface area contributed by atoms with E-state index in [1.807, 2.05) is 54.2 Å². The van der Waals surface area contributed by atoms with E-state index in [1.165, 1.54) is 0 Å². The third kappa shape index (κ3) is 5.56. The second kappa shape index (κ2) is 8.53. The first-order chi connectivity index (χ1) is 11.1. The van der Waals surface area contributed by atoms with E-state index in [1.54, 1.807) is 4.90 Å². The van der Waals surface area contributed by atoms with Crippen molar-refractivity contribution in [2.45, 2.75) is 6.42 Å². The summed E-state index contributed by atoms with van der Waals surface area (Å²) in [5.41, 5.74) is 0. The molecule has 0 radical (unpaired) electrons. The van der Waals surface area contributed by atoms with Crippen LogP contribution in [0.2, 0.25) is 0 Å². The summed E-state index contributed by atoms with van der Waals surface area (Å²) in [6.07, 6.45) is 0.526. The number of carbonyl (C=O) groups is 2. The van der Waals surface area contributed by atoms with Crippen molar-refractivity contribution in [3.05, 3.63) is 30.3 Å². The Morgan fingerprint density at radius 3 is 2.13 bits per heavy atom. The maximum Gasteiger partial charge on any atom is 0.260 e. The van der Waals surface area contributed by atoms with Crippen LogP contribution in [0.3, 0.4) is 0 Å². The number of benzene rings is 1. The van der Waals surface area contributed by atoms with Crippen LogP contribution in [-0.4, -0.2) is 79.9 Å². The fraction of sp³-hybridized carbons (Fsp3) is 0.529. The molecule has 0 bridgehead atoms. The number of para-hydroxylation sites is 1. The number of hydrogen-bond acceptors (Lipinski definition) is 4. The van der Waals surface area contributed by atoms with Crippen LogP contribution < -0.4 is 4.74 Å². The standard InChI is InChI=1S/C17H25N3O3/c1-18(2)9-8-16(21)19-10-12-20(13-11-19)17(22)14-23-15-6-4-3-5-7-15/h3-7H,8-14H2,1-2H3. The number of nitrogens with zero attached hydrogens (tertiary/aromatic N) is 3. The van der Waals surface area contributed by atoms with Crippen LogP contribution in [0.4, 0.5) is 0 Å². The van der Waals surface area contributed by atoms with Gasteiger partial charge in [0.25, 0.3) is 5.91 Å². The summed E-state index contributed by atoms with van der Waals surface area (Å²) in [6.45, 7) is 3.14. The second-order valence-electron chi connectivity index (χ2n) is 5.92. The Bertz CT molecular complexity index is 511. The van der Waals surface area contributed by atoms with Gasteiger partial charge in [0.05, 0.1) is 0 Å². The lowest BCUT2D eigenvalue weighted by Crippen LogP contribution is -2.51. The lowest BCUT2D eigenvalue weighted by molar-refractivity contribution is -0.140. The highest BCUT2D eigenvalue weighted by atomic mass is 16.5. The summed E-state index contributed by atoms with van der Waals surface area (Å²) >= 11 is 0. The van der Waals surface area contributed by atoms with Crippen LogP contribution in [-0.2, 0) is 9.59 Å². The molecule has 0 atom stereocenters. The Hall–Kier alpha value is -2.08.